The second kappa shape index (κ2) is 4.15. The number of hydrogen-bond donors (Lipinski definition) is 2. The number of rotatable bonds is 3. The molecule has 6 heteroatoms. The smallest absolute Gasteiger partial charge is 0.333 e. The molecule has 15 heavy (non-hydrogen) atoms. The Labute approximate surface area is 89.7 Å². The zero-order chi connectivity index (χ0) is 10.9. The fourth-order valence-electron chi connectivity index (χ4n) is 2.55. The highest BCUT2D eigenvalue weighted by atomic mass is 31.2. The van der Waals surface area contributed by atoms with Gasteiger partial charge in [-0.05, 0) is 13.3 Å². The standard InChI is InChI=1S/C9H18NO4P/c1-2-14-15(11,12)8-5-10-6-9(8)3-4-13-7-9/h8,10H,2-7H2,1H3,(H,11,12). The quantitative estimate of drug-likeness (QED) is 0.701. The van der Waals surface area contributed by atoms with Gasteiger partial charge in [-0.1, -0.05) is 0 Å². The lowest BCUT2D eigenvalue weighted by atomic mass is 9.86. The third-order valence-corrected chi connectivity index (χ3v) is 5.51. The van der Waals surface area contributed by atoms with E-state index in [4.69, 9.17) is 9.26 Å². The molecule has 5 nitrogen and oxygen atoms in total. The first-order valence-corrected chi connectivity index (χ1v) is 7.01. The van der Waals surface area contributed by atoms with E-state index in [1.807, 2.05) is 0 Å². The van der Waals surface area contributed by atoms with Crippen LogP contribution in [0, 0.1) is 5.41 Å². The van der Waals surface area contributed by atoms with Crippen LogP contribution in [0.2, 0.25) is 0 Å². The maximum Gasteiger partial charge on any atom is 0.333 e. The Kier molecular flexibility index (Phi) is 3.20. The maximum absolute atomic E-state index is 12.0. The topological polar surface area (TPSA) is 67.8 Å². The van der Waals surface area contributed by atoms with Crippen LogP contribution in [-0.4, -0.2) is 43.5 Å². The van der Waals surface area contributed by atoms with E-state index in [-0.39, 0.29) is 17.7 Å². The SMILES string of the molecule is CCOP(=O)(O)C1CNCC12CCOC2. The van der Waals surface area contributed by atoms with Gasteiger partial charge < -0.3 is 19.5 Å². The summed E-state index contributed by atoms with van der Waals surface area (Å²) < 4.78 is 22.4. The van der Waals surface area contributed by atoms with E-state index in [2.05, 4.69) is 5.32 Å². The summed E-state index contributed by atoms with van der Waals surface area (Å²) in [5, 5.41) is 3.18. The summed E-state index contributed by atoms with van der Waals surface area (Å²) in [6, 6.07) is 0. The predicted octanol–water partition coefficient (Wildman–Crippen LogP) is 0.587. The lowest BCUT2D eigenvalue weighted by molar-refractivity contribution is 0.153. The van der Waals surface area contributed by atoms with Crippen LogP contribution in [-0.2, 0) is 13.8 Å². The first-order chi connectivity index (χ1) is 7.11. The fourth-order valence-corrected chi connectivity index (χ4v) is 4.45. The largest absolute Gasteiger partial charge is 0.381 e. The van der Waals surface area contributed by atoms with Gasteiger partial charge in [0.1, 0.15) is 0 Å². The molecule has 2 rings (SSSR count). The average molecular weight is 235 g/mol. The Morgan fingerprint density at radius 3 is 3.13 bits per heavy atom. The van der Waals surface area contributed by atoms with Crippen molar-refractivity contribution in [3.63, 3.8) is 0 Å². The van der Waals surface area contributed by atoms with Gasteiger partial charge in [-0.15, -0.1) is 0 Å². The van der Waals surface area contributed by atoms with E-state index in [0.29, 0.717) is 19.8 Å². The van der Waals surface area contributed by atoms with Gasteiger partial charge in [0.15, 0.2) is 0 Å². The molecule has 0 amide bonds. The van der Waals surface area contributed by atoms with E-state index in [0.717, 1.165) is 13.0 Å². The molecule has 0 saturated carbocycles. The molecule has 88 valence electrons. The molecule has 0 aromatic heterocycles. The molecule has 2 aliphatic heterocycles. The third-order valence-electron chi connectivity index (χ3n) is 3.36. The zero-order valence-corrected chi connectivity index (χ0v) is 9.83. The lowest BCUT2D eigenvalue weighted by Gasteiger charge is -2.30. The first-order valence-electron chi connectivity index (χ1n) is 5.36. The van der Waals surface area contributed by atoms with Crippen molar-refractivity contribution in [3.05, 3.63) is 0 Å². The normalized spacial score (nSPS) is 39.7. The van der Waals surface area contributed by atoms with Crippen LogP contribution in [0.5, 0.6) is 0 Å². The molecule has 2 aliphatic rings. The summed E-state index contributed by atoms with van der Waals surface area (Å²) in [5.41, 5.74) is -0.494. The average Bonchev–Trinajstić information content (AvgIpc) is 2.77. The molecule has 1 spiro atoms. The highest BCUT2D eigenvalue weighted by molar-refractivity contribution is 7.53. The van der Waals surface area contributed by atoms with Crippen LogP contribution in [0.25, 0.3) is 0 Å². The van der Waals surface area contributed by atoms with Gasteiger partial charge >= 0.3 is 7.60 Å². The molecule has 0 radical (unpaired) electrons. The molecule has 2 heterocycles. The number of nitrogens with one attached hydrogen (secondary N) is 1. The van der Waals surface area contributed by atoms with Gasteiger partial charge in [-0.3, -0.25) is 4.57 Å². The van der Waals surface area contributed by atoms with Crippen molar-refractivity contribution in [2.45, 2.75) is 19.0 Å². The van der Waals surface area contributed by atoms with E-state index in [1.165, 1.54) is 0 Å². The fraction of sp³-hybridized carbons (Fsp3) is 1.00. The highest BCUT2D eigenvalue weighted by Gasteiger charge is 2.54. The van der Waals surface area contributed by atoms with Crippen molar-refractivity contribution < 1.29 is 18.7 Å². The predicted molar refractivity (Wildman–Crippen MR) is 56.0 cm³/mol. The van der Waals surface area contributed by atoms with Gasteiger partial charge in [-0.2, -0.15) is 0 Å². The van der Waals surface area contributed by atoms with E-state index >= 15 is 0 Å². The minimum absolute atomic E-state index is 0.181. The summed E-state index contributed by atoms with van der Waals surface area (Å²) in [4.78, 5) is 9.88. The molecule has 0 aliphatic carbocycles. The van der Waals surface area contributed by atoms with Crippen LogP contribution >= 0.6 is 7.60 Å². The Morgan fingerprint density at radius 1 is 1.73 bits per heavy atom. The van der Waals surface area contributed by atoms with Crippen molar-refractivity contribution in [2.24, 2.45) is 5.41 Å². The van der Waals surface area contributed by atoms with Crippen molar-refractivity contribution in [3.8, 4) is 0 Å². The van der Waals surface area contributed by atoms with Crippen LogP contribution in [0.15, 0.2) is 0 Å². The minimum atomic E-state index is -3.50. The van der Waals surface area contributed by atoms with E-state index in [9.17, 15) is 9.46 Å². The highest BCUT2D eigenvalue weighted by Crippen LogP contribution is 2.57. The number of hydrogen-bond acceptors (Lipinski definition) is 4. The molecule has 3 atom stereocenters. The van der Waals surface area contributed by atoms with Crippen molar-refractivity contribution in [1.82, 2.24) is 5.32 Å². The van der Waals surface area contributed by atoms with Crippen LogP contribution in [0.1, 0.15) is 13.3 Å². The molecule has 2 fully saturated rings. The Hall–Kier alpha value is 0.0700. The minimum Gasteiger partial charge on any atom is -0.381 e. The van der Waals surface area contributed by atoms with Gasteiger partial charge in [0.25, 0.3) is 0 Å². The summed E-state index contributed by atoms with van der Waals surface area (Å²) in [6.45, 7) is 4.59. The lowest BCUT2D eigenvalue weighted by Crippen LogP contribution is -2.35. The van der Waals surface area contributed by atoms with Crippen LogP contribution < -0.4 is 5.32 Å². The molecular weight excluding hydrogens is 217 g/mol. The molecule has 3 unspecified atom stereocenters. The molecule has 0 aromatic carbocycles. The summed E-state index contributed by atoms with van der Waals surface area (Å²) in [6.07, 6.45) is 0.849. The van der Waals surface area contributed by atoms with E-state index in [1.54, 1.807) is 6.92 Å². The van der Waals surface area contributed by atoms with Crippen molar-refractivity contribution >= 4 is 7.60 Å². The molecule has 2 N–H and O–H groups in total. The second-order valence-electron chi connectivity index (χ2n) is 4.29. The molecule has 0 bridgehead atoms. The Morgan fingerprint density at radius 2 is 2.53 bits per heavy atom. The molecule has 0 aromatic rings. The monoisotopic (exact) mass is 235 g/mol. The van der Waals surface area contributed by atoms with E-state index < -0.39 is 7.60 Å². The van der Waals surface area contributed by atoms with Crippen molar-refractivity contribution in [2.75, 3.05) is 32.9 Å². The Bertz CT molecular complexity index is 272. The van der Waals surface area contributed by atoms with Crippen molar-refractivity contribution in [1.29, 1.82) is 0 Å². The zero-order valence-electron chi connectivity index (χ0n) is 8.94. The molecule has 2 saturated heterocycles. The summed E-state index contributed by atoms with van der Waals surface area (Å²) >= 11 is 0. The van der Waals surface area contributed by atoms with Gasteiger partial charge in [-0.25, -0.2) is 0 Å². The Balaban J connectivity index is 2.17. The van der Waals surface area contributed by atoms with Crippen LogP contribution in [0.3, 0.4) is 0 Å². The third kappa shape index (κ3) is 1.99. The molecular formula is C9H18NO4P. The summed E-state index contributed by atoms with van der Waals surface area (Å²) in [7, 11) is -3.50. The van der Waals surface area contributed by atoms with Gasteiger partial charge in [0, 0.05) is 25.1 Å². The second-order valence-corrected chi connectivity index (χ2v) is 6.30. The van der Waals surface area contributed by atoms with Crippen LogP contribution in [0.4, 0.5) is 0 Å². The van der Waals surface area contributed by atoms with Gasteiger partial charge in [0.05, 0.1) is 18.9 Å². The first kappa shape index (κ1) is 11.6. The van der Waals surface area contributed by atoms with Gasteiger partial charge in [0.2, 0.25) is 0 Å². The summed E-state index contributed by atoms with van der Waals surface area (Å²) in [5.74, 6) is 0. The maximum atomic E-state index is 12.0. The number of ether oxygens (including phenoxy) is 1.